The highest BCUT2D eigenvalue weighted by Crippen LogP contribution is 2.42. The Kier molecular flexibility index (Phi) is 5.09. The number of hydrogen-bond donors (Lipinski definition) is 0. The van der Waals surface area contributed by atoms with Gasteiger partial charge in [-0.25, -0.2) is 4.39 Å². The van der Waals surface area contributed by atoms with Crippen LogP contribution in [0, 0.1) is 5.82 Å². The van der Waals surface area contributed by atoms with Crippen LogP contribution in [0.1, 0.15) is 67.7 Å². The van der Waals surface area contributed by atoms with E-state index >= 15 is 0 Å². The summed E-state index contributed by atoms with van der Waals surface area (Å²) >= 11 is 0. The van der Waals surface area contributed by atoms with Crippen molar-refractivity contribution in [3.05, 3.63) is 83.7 Å². The van der Waals surface area contributed by atoms with Crippen molar-refractivity contribution < 1.29 is 9.18 Å². The average molecular weight is 378 g/mol. The predicted octanol–water partition coefficient (Wildman–Crippen LogP) is 5.90. The van der Waals surface area contributed by atoms with Crippen molar-refractivity contribution in [3.63, 3.8) is 0 Å². The number of rotatable bonds is 6. The van der Waals surface area contributed by atoms with E-state index < -0.39 is 0 Å². The molecule has 1 heterocycles. The van der Waals surface area contributed by atoms with Gasteiger partial charge in [0.05, 0.1) is 6.04 Å². The van der Waals surface area contributed by atoms with Crippen molar-refractivity contribution in [2.45, 2.75) is 56.4 Å². The summed E-state index contributed by atoms with van der Waals surface area (Å²) in [5, 5.41) is 0. The fourth-order valence-electron chi connectivity index (χ4n) is 4.61. The molecule has 1 amide bonds. The molecule has 1 aliphatic heterocycles. The molecule has 0 bridgehead atoms. The Morgan fingerprint density at radius 1 is 1.18 bits per heavy atom. The number of allylic oxidation sites excluding steroid dienone is 1. The molecule has 1 aliphatic carbocycles. The normalized spacial score (nSPS) is 23.5. The van der Waals surface area contributed by atoms with Crippen LogP contribution in [0.15, 0.2) is 61.2 Å². The van der Waals surface area contributed by atoms with Crippen LogP contribution in [0.4, 0.5) is 4.39 Å². The molecule has 2 aromatic rings. The average Bonchev–Trinajstić information content (AvgIpc) is 3.54. The molecule has 1 saturated heterocycles. The number of carbonyl (C=O) groups is 1. The van der Waals surface area contributed by atoms with Gasteiger partial charge in [0.25, 0.3) is 0 Å². The maximum atomic E-state index is 13.4. The third-order valence-electron chi connectivity index (χ3n) is 6.57. The Bertz CT molecular complexity index is 853. The second-order valence-electron chi connectivity index (χ2n) is 8.41. The Morgan fingerprint density at radius 2 is 1.86 bits per heavy atom. The van der Waals surface area contributed by atoms with Crippen LogP contribution in [-0.4, -0.2) is 17.4 Å². The molecule has 0 N–H and O–H groups in total. The van der Waals surface area contributed by atoms with Crippen LogP contribution in [0.2, 0.25) is 0 Å². The highest BCUT2D eigenvalue weighted by atomic mass is 19.1. The maximum Gasteiger partial charge on any atom is 0.223 e. The third-order valence-corrected chi connectivity index (χ3v) is 6.57. The van der Waals surface area contributed by atoms with E-state index in [-0.39, 0.29) is 23.2 Å². The number of amides is 1. The molecule has 0 spiro atoms. The number of halogens is 1. The van der Waals surface area contributed by atoms with E-state index in [1.807, 2.05) is 23.1 Å². The molecule has 28 heavy (non-hydrogen) atoms. The van der Waals surface area contributed by atoms with E-state index in [1.54, 1.807) is 0 Å². The first kappa shape index (κ1) is 18.9. The minimum atomic E-state index is -0.279. The first-order valence-corrected chi connectivity index (χ1v) is 10.3. The zero-order valence-electron chi connectivity index (χ0n) is 16.5. The Hall–Kier alpha value is -2.42. The van der Waals surface area contributed by atoms with Crippen LogP contribution in [0.25, 0.3) is 0 Å². The van der Waals surface area contributed by atoms with E-state index in [4.69, 9.17) is 0 Å². The highest BCUT2D eigenvalue weighted by Gasteiger charge is 2.41. The van der Waals surface area contributed by atoms with Gasteiger partial charge in [-0.3, -0.25) is 4.79 Å². The van der Waals surface area contributed by atoms with E-state index in [9.17, 15) is 9.18 Å². The lowest BCUT2D eigenvalue weighted by molar-refractivity contribution is -0.138. The molecule has 2 aliphatic rings. The van der Waals surface area contributed by atoms with Crippen molar-refractivity contribution in [1.29, 1.82) is 0 Å². The minimum Gasteiger partial charge on any atom is -0.336 e. The summed E-state index contributed by atoms with van der Waals surface area (Å²) < 4.78 is 13.4. The summed E-state index contributed by atoms with van der Waals surface area (Å²) in [6, 6.07) is 15.5. The fraction of sp³-hybridized carbons (Fsp3) is 0.400. The molecule has 0 radical (unpaired) electrons. The molecular weight excluding hydrogens is 349 g/mol. The number of likely N-dealkylation sites (tertiary alicyclic amines) is 1. The van der Waals surface area contributed by atoms with Gasteiger partial charge >= 0.3 is 0 Å². The Morgan fingerprint density at radius 3 is 2.43 bits per heavy atom. The number of benzene rings is 2. The second kappa shape index (κ2) is 7.54. The topological polar surface area (TPSA) is 20.3 Å². The standard InChI is InChI=1S/C25H28FNO/c1-3-14-25(22-10-12-23(26)13-11-22)15-16-27(24(28)17-25)18(2)19-4-6-20(7-5-19)21-8-9-21/h3-7,10-13,18,21H,1,8-9,14-17H2,2H3/t18-,25-/m0/s1. The van der Waals surface area contributed by atoms with Gasteiger partial charge in [-0.2, -0.15) is 0 Å². The molecule has 146 valence electrons. The molecule has 2 atom stereocenters. The van der Waals surface area contributed by atoms with Gasteiger partial charge in [-0.1, -0.05) is 42.5 Å². The van der Waals surface area contributed by atoms with Crippen molar-refractivity contribution in [3.8, 4) is 0 Å². The largest absolute Gasteiger partial charge is 0.336 e. The Labute approximate surface area is 167 Å². The van der Waals surface area contributed by atoms with Gasteiger partial charge in [-0.05, 0) is 67.3 Å². The van der Waals surface area contributed by atoms with Crippen molar-refractivity contribution >= 4 is 5.91 Å². The molecule has 2 aromatic carbocycles. The summed E-state index contributed by atoms with van der Waals surface area (Å²) in [6.45, 7) is 6.72. The number of nitrogens with zero attached hydrogens (tertiary/aromatic N) is 1. The summed E-state index contributed by atoms with van der Waals surface area (Å²) in [4.78, 5) is 15.1. The van der Waals surface area contributed by atoms with Gasteiger partial charge in [0.1, 0.15) is 5.82 Å². The first-order chi connectivity index (χ1) is 13.5. The van der Waals surface area contributed by atoms with Crippen molar-refractivity contribution in [2.24, 2.45) is 0 Å². The van der Waals surface area contributed by atoms with Crippen LogP contribution >= 0.6 is 0 Å². The lowest BCUT2D eigenvalue weighted by Crippen LogP contribution is -2.47. The summed E-state index contributed by atoms with van der Waals surface area (Å²) in [6.07, 6.45) is 6.51. The fourth-order valence-corrected chi connectivity index (χ4v) is 4.61. The molecule has 2 nitrogen and oxygen atoms in total. The van der Waals surface area contributed by atoms with E-state index in [0.29, 0.717) is 13.0 Å². The monoisotopic (exact) mass is 377 g/mol. The molecule has 0 aromatic heterocycles. The van der Waals surface area contributed by atoms with E-state index in [1.165, 1.54) is 36.1 Å². The minimum absolute atomic E-state index is 0.0655. The molecule has 4 rings (SSSR count). The second-order valence-corrected chi connectivity index (χ2v) is 8.41. The number of piperidine rings is 1. The number of hydrogen-bond acceptors (Lipinski definition) is 1. The molecule has 0 unspecified atom stereocenters. The number of carbonyl (C=O) groups excluding carboxylic acids is 1. The smallest absolute Gasteiger partial charge is 0.223 e. The van der Waals surface area contributed by atoms with Crippen molar-refractivity contribution in [2.75, 3.05) is 6.54 Å². The zero-order valence-corrected chi connectivity index (χ0v) is 16.5. The SMILES string of the molecule is C=CC[C@]1(c2ccc(F)cc2)CCN([C@@H](C)c2ccc(C3CC3)cc2)C(=O)C1. The molecule has 1 saturated carbocycles. The van der Waals surface area contributed by atoms with Crippen LogP contribution in [0.5, 0.6) is 0 Å². The Balaban J connectivity index is 1.52. The first-order valence-electron chi connectivity index (χ1n) is 10.3. The molecular formula is C25H28FNO. The summed E-state index contributed by atoms with van der Waals surface area (Å²) in [7, 11) is 0. The zero-order chi connectivity index (χ0) is 19.7. The van der Waals surface area contributed by atoms with Gasteiger partial charge < -0.3 is 4.90 Å². The van der Waals surface area contributed by atoms with Gasteiger partial charge in [-0.15, -0.1) is 6.58 Å². The van der Waals surface area contributed by atoms with Gasteiger partial charge in [0.2, 0.25) is 5.91 Å². The van der Waals surface area contributed by atoms with Crippen LogP contribution < -0.4 is 0 Å². The molecule has 2 fully saturated rings. The van der Waals surface area contributed by atoms with Gasteiger partial charge in [0, 0.05) is 18.4 Å². The quantitative estimate of drug-likeness (QED) is 0.574. The lowest BCUT2D eigenvalue weighted by Gasteiger charge is -2.43. The maximum absolute atomic E-state index is 13.4. The van der Waals surface area contributed by atoms with Crippen LogP contribution in [-0.2, 0) is 10.2 Å². The highest BCUT2D eigenvalue weighted by molar-refractivity contribution is 5.79. The lowest BCUT2D eigenvalue weighted by atomic mass is 9.70. The van der Waals surface area contributed by atoms with E-state index in [2.05, 4.69) is 37.8 Å². The van der Waals surface area contributed by atoms with E-state index in [0.717, 1.165) is 24.3 Å². The summed E-state index contributed by atoms with van der Waals surface area (Å²) in [5.41, 5.74) is 3.36. The third kappa shape index (κ3) is 3.63. The van der Waals surface area contributed by atoms with Gasteiger partial charge in [0.15, 0.2) is 0 Å². The predicted molar refractivity (Wildman–Crippen MR) is 111 cm³/mol. The van der Waals surface area contributed by atoms with Crippen LogP contribution in [0.3, 0.4) is 0 Å². The molecule has 3 heteroatoms. The summed E-state index contributed by atoms with van der Waals surface area (Å²) in [5.74, 6) is 0.664. The van der Waals surface area contributed by atoms with Crippen molar-refractivity contribution in [1.82, 2.24) is 4.90 Å².